The monoisotopic (exact) mass is 303 g/mol. The van der Waals surface area contributed by atoms with Gasteiger partial charge < -0.3 is 5.32 Å². The van der Waals surface area contributed by atoms with E-state index in [2.05, 4.69) is 32.2 Å². The highest BCUT2D eigenvalue weighted by Gasteiger charge is 2.08. The van der Waals surface area contributed by atoms with Crippen molar-refractivity contribution < 1.29 is 4.79 Å². The summed E-state index contributed by atoms with van der Waals surface area (Å²) in [5.41, 5.74) is 2.19. The van der Waals surface area contributed by atoms with Gasteiger partial charge in [-0.15, -0.1) is 0 Å². The lowest BCUT2D eigenvalue weighted by molar-refractivity contribution is -0.116. The maximum absolute atomic E-state index is 12.1. The van der Waals surface area contributed by atoms with Crippen molar-refractivity contribution >= 4 is 11.6 Å². The quantitative estimate of drug-likeness (QED) is 0.479. The second-order valence-corrected chi connectivity index (χ2v) is 6.52. The van der Waals surface area contributed by atoms with Crippen LogP contribution in [0, 0.1) is 0 Å². The summed E-state index contributed by atoms with van der Waals surface area (Å²) in [6.07, 6.45) is 10.8. The number of benzene rings is 1. The number of carbonyl (C=O) groups excluding carboxylic acids is 1. The normalized spacial score (nSPS) is 10.9. The third-order valence-electron chi connectivity index (χ3n) is 4.11. The summed E-state index contributed by atoms with van der Waals surface area (Å²) in [7, 11) is 0. The van der Waals surface area contributed by atoms with Crippen molar-refractivity contribution in [2.24, 2.45) is 0 Å². The molecule has 0 saturated heterocycles. The van der Waals surface area contributed by atoms with Gasteiger partial charge in [0.1, 0.15) is 0 Å². The Labute approximate surface area is 136 Å². The van der Waals surface area contributed by atoms with E-state index in [1.54, 1.807) is 0 Å². The van der Waals surface area contributed by atoms with Crippen LogP contribution in [0.1, 0.15) is 90.0 Å². The molecule has 2 heteroatoms. The molecule has 2 nitrogen and oxygen atoms in total. The number of anilines is 1. The number of hydrogen-bond donors (Lipinski definition) is 1. The molecule has 0 saturated carbocycles. The standard InChI is InChI=1S/C20H33NO/c1-4-5-6-7-8-9-10-11-16-20(22)21-19-15-13-12-14-18(19)17(2)3/h12-15,17H,4-11,16H2,1-3H3,(H,21,22). The van der Waals surface area contributed by atoms with Crippen molar-refractivity contribution in [3.05, 3.63) is 29.8 Å². The van der Waals surface area contributed by atoms with E-state index in [-0.39, 0.29) is 5.91 Å². The summed E-state index contributed by atoms with van der Waals surface area (Å²) in [6, 6.07) is 8.11. The fraction of sp³-hybridized carbons (Fsp3) is 0.650. The van der Waals surface area contributed by atoms with Gasteiger partial charge in [-0.25, -0.2) is 0 Å². The van der Waals surface area contributed by atoms with E-state index in [9.17, 15) is 4.79 Å². The maximum atomic E-state index is 12.1. The van der Waals surface area contributed by atoms with Gasteiger partial charge in [-0.1, -0.05) is 83.9 Å². The largest absolute Gasteiger partial charge is 0.326 e. The van der Waals surface area contributed by atoms with E-state index in [4.69, 9.17) is 0 Å². The summed E-state index contributed by atoms with van der Waals surface area (Å²) >= 11 is 0. The fourth-order valence-corrected chi connectivity index (χ4v) is 2.75. The zero-order valence-electron chi connectivity index (χ0n) is 14.7. The summed E-state index contributed by atoms with van der Waals surface area (Å²) in [5.74, 6) is 0.582. The second-order valence-electron chi connectivity index (χ2n) is 6.52. The minimum atomic E-state index is 0.152. The lowest BCUT2D eigenvalue weighted by atomic mass is 10.0. The molecule has 22 heavy (non-hydrogen) atoms. The Kier molecular flexibility index (Phi) is 9.61. The van der Waals surface area contributed by atoms with Crippen LogP contribution >= 0.6 is 0 Å². The molecule has 0 aliphatic rings. The molecule has 0 atom stereocenters. The van der Waals surface area contributed by atoms with E-state index in [1.807, 2.05) is 18.2 Å². The summed E-state index contributed by atoms with van der Waals surface area (Å²) in [5, 5.41) is 3.07. The molecule has 1 aromatic rings. The first-order chi connectivity index (χ1) is 10.6. The van der Waals surface area contributed by atoms with Crippen LogP contribution in [0.15, 0.2) is 24.3 Å². The summed E-state index contributed by atoms with van der Waals surface area (Å²) in [6.45, 7) is 6.56. The number of amides is 1. The highest BCUT2D eigenvalue weighted by atomic mass is 16.1. The van der Waals surface area contributed by atoms with Crippen molar-refractivity contribution in [2.75, 3.05) is 5.32 Å². The minimum absolute atomic E-state index is 0.152. The molecule has 0 aliphatic carbocycles. The molecular formula is C20H33NO. The lowest BCUT2D eigenvalue weighted by Crippen LogP contribution is -2.13. The van der Waals surface area contributed by atoms with Crippen LogP contribution in [0.4, 0.5) is 5.69 Å². The van der Waals surface area contributed by atoms with E-state index in [0.717, 1.165) is 12.1 Å². The molecule has 0 radical (unpaired) electrons. The molecule has 0 fully saturated rings. The van der Waals surface area contributed by atoms with Gasteiger partial charge in [0.05, 0.1) is 0 Å². The molecule has 1 N–H and O–H groups in total. The van der Waals surface area contributed by atoms with Gasteiger partial charge in [0.25, 0.3) is 0 Å². The molecule has 0 aliphatic heterocycles. The van der Waals surface area contributed by atoms with Crippen LogP contribution in [0.5, 0.6) is 0 Å². The van der Waals surface area contributed by atoms with Gasteiger partial charge in [-0.3, -0.25) is 4.79 Å². The molecule has 0 aromatic heterocycles. The number of para-hydroxylation sites is 1. The van der Waals surface area contributed by atoms with E-state index >= 15 is 0 Å². The molecular weight excluding hydrogens is 270 g/mol. The highest BCUT2D eigenvalue weighted by Crippen LogP contribution is 2.23. The summed E-state index contributed by atoms with van der Waals surface area (Å²) < 4.78 is 0. The Morgan fingerprint density at radius 2 is 1.55 bits per heavy atom. The Balaban J connectivity index is 2.19. The van der Waals surface area contributed by atoms with Gasteiger partial charge >= 0.3 is 0 Å². The zero-order chi connectivity index (χ0) is 16.2. The van der Waals surface area contributed by atoms with Crippen LogP contribution in [-0.4, -0.2) is 5.91 Å². The average Bonchev–Trinajstić information content (AvgIpc) is 2.50. The summed E-state index contributed by atoms with van der Waals surface area (Å²) in [4.78, 5) is 12.1. The van der Waals surface area contributed by atoms with Crippen molar-refractivity contribution in [1.29, 1.82) is 0 Å². The molecule has 1 rings (SSSR count). The second kappa shape index (κ2) is 11.3. The Morgan fingerprint density at radius 3 is 2.18 bits per heavy atom. The Hall–Kier alpha value is -1.31. The van der Waals surface area contributed by atoms with E-state index in [0.29, 0.717) is 12.3 Å². The van der Waals surface area contributed by atoms with Crippen molar-refractivity contribution in [2.45, 2.75) is 84.5 Å². The Morgan fingerprint density at radius 1 is 0.955 bits per heavy atom. The van der Waals surface area contributed by atoms with Crippen molar-refractivity contribution in [3.8, 4) is 0 Å². The molecule has 1 amide bonds. The SMILES string of the molecule is CCCCCCCCCCC(=O)Nc1ccccc1C(C)C. The van der Waals surface area contributed by atoms with E-state index < -0.39 is 0 Å². The van der Waals surface area contributed by atoms with Gasteiger partial charge in [0.15, 0.2) is 0 Å². The number of nitrogens with one attached hydrogen (secondary N) is 1. The van der Waals surface area contributed by atoms with Gasteiger partial charge in [0, 0.05) is 12.1 Å². The zero-order valence-corrected chi connectivity index (χ0v) is 14.7. The molecule has 0 bridgehead atoms. The molecule has 0 heterocycles. The third-order valence-corrected chi connectivity index (χ3v) is 4.11. The van der Waals surface area contributed by atoms with Crippen LogP contribution in [-0.2, 0) is 4.79 Å². The van der Waals surface area contributed by atoms with Crippen LogP contribution in [0.25, 0.3) is 0 Å². The van der Waals surface area contributed by atoms with Crippen molar-refractivity contribution in [3.63, 3.8) is 0 Å². The molecule has 1 aromatic carbocycles. The van der Waals surface area contributed by atoms with Crippen LogP contribution < -0.4 is 5.32 Å². The first kappa shape index (κ1) is 18.7. The third kappa shape index (κ3) is 7.63. The smallest absolute Gasteiger partial charge is 0.224 e. The minimum Gasteiger partial charge on any atom is -0.326 e. The number of carbonyl (C=O) groups is 1. The van der Waals surface area contributed by atoms with Crippen LogP contribution in [0.3, 0.4) is 0 Å². The van der Waals surface area contributed by atoms with Crippen molar-refractivity contribution in [1.82, 2.24) is 0 Å². The van der Waals surface area contributed by atoms with Gasteiger partial charge in [0.2, 0.25) is 5.91 Å². The lowest BCUT2D eigenvalue weighted by Gasteiger charge is -2.13. The Bertz CT molecular complexity index is 425. The first-order valence-electron chi connectivity index (χ1n) is 9.04. The number of rotatable bonds is 11. The average molecular weight is 303 g/mol. The molecule has 0 spiro atoms. The topological polar surface area (TPSA) is 29.1 Å². The highest BCUT2D eigenvalue weighted by molar-refractivity contribution is 5.91. The first-order valence-corrected chi connectivity index (χ1v) is 9.04. The van der Waals surface area contributed by atoms with E-state index in [1.165, 1.54) is 50.5 Å². The maximum Gasteiger partial charge on any atom is 0.224 e. The number of unbranched alkanes of at least 4 members (excludes halogenated alkanes) is 7. The predicted octanol–water partition coefficient (Wildman–Crippen LogP) is 6.28. The molecule has 0 unspecified atom stereocenters. The fourth-order valence-electron chi connectivity index (χ4n) is 2.75. The number of hydrogen-bond acceptors (Lipinski definition) is 1. The van der Waals surface area contributed by atoms with Gasteiger partial charge in [-0.05, 0) is 24.0 Å². The predicted molar refractivity (Wildman–Crippen MR) is 96.4 cm³/mol. The molecule has 124 valence electrons. The van der Waals surface area contributed by atoms with Crippen LogP contribution in [0.2, 0.25) is 0 Å². The van der Waals surface area contributed by atoms with Gasteiger partial charge in [-0.2, -0.15) is 0 Å².